The summed E-state index contributed by atoms with van der Waals surface area (Å²) in [4.78, 5) is 17.9. The van der Waals surface area contributed by atoms with Crippen molar-refractivity contribution in [2.75, 3.05) is 5.43 Å². The highest BCUT2D eigenvalue weighted by molar-refractivity contribution is 7.99. The number of nitrogens with one attached hydrogen (secondary N) is 1. The van der Waals surface area contributed by atoms with Gasteiger partial charge in [-0.05, 0) is 45.0 Å². The van der Waals surface area contributed by atoms with E-state index in [-0.39, 0.29) is 0 Å². The molecule has 2 rings (SSSR count). The van der Waals surface area contributed by atoms with Crippen LogP contribution in [0, 0.1) is 20.8 Å². The Morgan fingerprint density at radius 1 is 1.10 bits per heavy atom. The Bertz CT molecular complexity index is 623. The van der Waals surface area contributed by atoms with Gasteiger partial charge in [0.15, 0.2) is 5.16 Å². The van der Waals surface area contributed by atoms with Gasteiger partial charge in [-0.1, -0.05) is 6.92 Å². The zero-order valence-electron chi connectivity index (χ0n) is 12.8. The summed E-state index contributed by atoms with van der Waals surface area (Å²) < 4.78 is 0. The molecule has 0 amide bonds. The molecule has 0 aliphatic carbocycles. The molecule has 2 aromatic rings. The monoisotopic (exact) mass is 304 g/mol. The fourth-order valence-electron chi connectivity index (χ4n) is 1.94. The summed E-state index contributed by atoms with van der Waals surface area (Å²) in [5.74, 6) is 6.98. The molecule has 0 saturated carbocycles. The minimum atomic E-state index is 0.653. The number of rotatable bonds is 5. The number of nitrogens with two attached hydrogens (primary N) is 1. The van der Waals surface area contributed by atoms with E-state index in [1.165, 1.54) is 11.8 Å². The molecule has 0 fully saturated rings. The van der Waals surface area contributed by atoms with E-state index >= 15 is 0 Å². The molecule has 3 N–H and O–H groups in total. The van der Waals surface area contributed by atoms with E-state index in [0.29, 0.717) is 11.0 Å². The Kier molecular flexibility index (Phi) is 5.08. The number of hydrazine groups is 1. The normalized spacial score (nSPS) is 10.7. The van der Waals surface area contributed by atoms with E-state index in [1.807, 2.05) is 26.8 Å². The van der Waals surface area contributed by atoms with Crippen molar-refractivity contribution in [1.82, 2.24) is 19.9 Å². The van der Waals surface area contributed by atoms with E-state index < -0.39 is 0 Å². The molecule has 0 unspecified atom stereocenters. The van der Waals surface area contributed by atoms with Crippen LogP contribution in [-0.4, -0.2) is 19.9 Å². The molecule has 2 heterocycles. The predicted molar refractivity (Wildman–Crippen MR) is 84.2 cm³/mol. The topological polar surface area (TPSA) is 89.6 Å². The number of aryl methyl sites for hydroxylation is 3. The van der Waals surface area contributed by atoms with Crippen LogP contribution in [-0.2, 0) is 6.42 Å². The van der Waals surface area contributed by atoms with Crippen LogP contribution in [0.2, 0.25) is 0 Å². The number of hydrogen-bond acceptors (Lipinski definition) is 7. The highest BCUT2D eigenvalue weighted by Gasteiger charge is 2.13. The van der Waals surface area contributed by atoms with Gasteiger partial charge in [-0.15, -0.1) is 0 Å². The predicted octanol–water partition coefficient (Wildman–Crippen LogP) is 2.58. The smallest absolute Gasteiger partial charge is 0.194 e. The van der Waals surface area contributed by atoms with Gasteiger partial charge in [-0.2, -0.15) is 0 Å². The fraction of sp³-hybridized carbons (Fsp3) is 0.429. The van der Waals surface area contributed by atoms with Gasteiger partial charge in [0.1, 0.15) is 16.7 Å². The molecule has 0 aliphatic heterocycles. The van der Waals surface area contributed by atoms with Crippen molar-refractivity contribution < 1.29 is 0 Å². The fourth-order valence-corrected chi connectivity index (χ4v) is 2.89. The lowest BCUT2D eigenvalue weighted by molar-refractivity contribution is 0.800. The number of nitrogens with zero attached hydrogens (tertiary/aromatic N) is 4. The van der Waals surface area contributed by atoms with Gasteiger partial charge >= 0.3 is 0 Å². The van der Waals surface area contributed by atoms with Crippen LogP contribution in [0.1, 0.15) is 36.1 Å². The van der Waals surface area contributed by atoms with Gasteiger partial charge in [-0.3, -0.25) is 0 Å². The van der Waals surface area contributed by atoms with Crippen LogP contribution in [0.25, 0.3) is 0 Å². The van der Waals surface area contributed by atoms with Crippen LogP contribution in [0.5, 0.6) is 0 Å². The molecule has 0 saturated heterocycles. The number of anilines is 1. The summed E-state index contributed by atoms with van der Waals surface area (Å²) in [7, 11) is 0. The Hall–Kier alpha value is -1.73. The molecule has 0 atom stereocenters. The zero-order chi connectivity index (χ0) is 15.4. The minimum Gasteiger partial charge on any atom is -0.308 e. The van der Waals surface area contributed by atoms with Gasteiger partial charge in [0, 0.05) is 23.4 Å². The molecule has 0 spiro atoms. The van der Waals surface area contributed by atoms with Crippen molar-refractivity contribution in [3.05, 3.63) is 28.8 Å². The third-order valence-electron chi connectivity index (χ3n) is 2.91. The molecule has 112 valence electrons. The van der Waals surface area contributed by atoms with Gasteiger partial charge in [0.25, 0.3) is 0 Å². The molecule has 0 bridgehead atoms. The Balaban J connectivity index is 2.39. The first kappa shape index (κ1) is 15.7. The molecule has 6 nitrogen and oxygen atoms in total. The van der Waals surface area contributed by atoms with Crippen molar-refractivity contribution in [3.8, 4) is 0 Å². The Morgan fingerprint density at radius 3 is 2.33 bits per heavy atom. The Morgan fingerprint density at radius 2 is 1.76 bits per heavy atom. The average Bonchev–Trinajstić information content (AvgIpc) is 2.41. The first-order valence-electron chi connectivity index (χ1n) is 6.87. The van der Waals surface area contributed by atoms with Crippen LogP contribution in [0.4, 0.5) is 5.82 Å². The summed E-state index contributed by atoms with van der Waals surface area (Å²) in [5.41, 5.74) is 5.44. The molecule has 2 aromatic heterocycles. The van der Waals surface area contributed by atoms with Crippen LogP contribution >= 0.6 is 11.8 Å². The summed E-state index contributed by atoms with van der Waals surface area (Å²) in [6.45, 7) is 7.95. The molecule has 0 radical (unpaired) electrons. The standard InChI is InChI=1S/C14H20N6S/c1-5-6-11-18-12(20-15)10(4)13(19-11)21-14-16-8(2)7-9(3)17-14/h7H,5-6,15H2,1-4H3,(H,18,19,20). The lowest BCUT2D eigenvalue weighted by Crippen LogP contribution is -2.13. The molecule has 0 aromatic carbocycles. The lowest BCUT2D eigenvalue weighted by atomic mass is 10.3. The van der Waals surface area contributed by atoms with E-state index in [1.54, 1.807) is 0 Å². The average molecular weight is 304 g/mol. The zero-order valence-corrected chi connectivity index (χ0v) is 13.6. The van der Waals surface area contributed by atoms with E-state index in [2.05, 4.69) is 32.3 Å². The summed E-state index contributed by atoms with van der Waals surface area (Å²) in [5, 5.41) is 1.53. The summed E-state index contributed by atoms with van der Waals surface area (Å²) in [6.07, 6.45) is 1.80. The molecule has 7 heteroatoms. The van der Waals surface area contributed by atoms with Crippen molar-refractivity contribution in [1.29, 1.82) is 0 Å². The SMILES string of the molecule is CCCc1nc(NN)c(C)c(Sc2nc(C)cc(C)n2)n1. The van der Waals surface area contributed by atoms with Crippen LogP contribution in [0.15, 0.2) is 16.2 Å². The van der Waals surface area contributed by atoms with Crippen molar-refractivity contribution in [3.63, 3.8) is 0 Å². The van der Waals surface area contributed by atoms with E-state index in [0.717, 1.165) is 40.6 Å². The first-order valence-corrected chi connectivity index (χ1v) is 7.69. The second-order valence-electron chi connectivity index (χ2n) is 4.85. The number of hydrogen-bond donors (Lipinski definition) is 2. The third-order valence-corrected chi connectivity index (χ3v) is 3.86. The summed E-state index contributed by atoms with van der Waals surface area (Å²) >= 11 is 1.44. The summed E-state index contributed by atoms with van der Waals surface area (Å²) in [6, 6.07) is 1.95. The largest absolute Gasteiger partial charge is 0.308 e. The van der Waals surface area contributed by atoms with Crippen LogP contribution in [0.3, 0.4) is 0 Å². The van der Waals surface area contributed by atoms with Crippen molar-refractivity contribution >= 4 is 17.6 Å². The van der Waals surface area contributed by atoms with Crippen LogP contribution < -0.4 is 11.3 Å². The van der Waals surface area contributed by atoms with E-state index in [4.69, 9.17) is 5.84 Å². The Labute approximate surface area is 129 Å². The maximum Gasteiger partial charge on any atom is 0.194 e. The van der Waals surface area contributed by atoms with E-state index in [9.17, 15) is 0 Å². The van der Waals surface area contributed by atoms with Gasteiger partial charge in [0.05, 0.1) is 0 Å². The van der Waals surface area contributed by atoms with Gasteiger partial charge < -0.3 is 5.43 Å². The first-order chi connectivity index (χ1) is 10.0. The van der Waals surface area contributed by atoms with Gasteiger partial charge in [0.2, 0.25) is 0 Å². The number of aromatic nitrogens is 4. The maximum atomic E-state index is 5.55. The quantitative estimate of drug-likeness (QED) is 0.380. The van der Waals surface area contributed by atoms with Gasteiger partial charge in [-0.25, -0.2) is 25.8 Å². The molecular formula is C14H20N6S. The third kappa shape index (κ3) is 3.89. The second kappa shape index (κ2) is 6.82. The molecular weight excluding hydrogens is 284 g/mol. The lowest BCUT2D eigenvalue weighted by Gasteiger charge is -2.11. The van der Waals surface area contributed by atoms with Crippen molar-refractivity contribution in [2.24, 2.45) is 5.84 Å². The van der Waals surface area contributed by atoms with Crippen molar-refractivity contribution in [2.45, 2.75) is 50.7 Å². The minimum absolute atomic E-state index is 0.653. The second-order valence-corrected chi connectivity index (χ2v) is 5.80. The number of nitrogen functional groups attached to an aromatic ring is 1. The maximum absolute atomic E-state index is 5.55. The molecule has 21 heavy (non-hydrogen) atoms. The highest BCUT2D eigenvalue weighted by atomic mass is 32.2. The molecule has 0 aliphatic rings. The highest BCUT2D eigenvalue weighted by Crippen LogP contribution is 2.29.